The summed E-state index contributed by atoms with van der Waals surface area (Å²) in [6.07, 6.45) is 7.20. The van der Waals surface area contributed by atoms with E-state index in [0.717, 1.165) is 5.56 Å². The second kappa shape index (κ2) is 6.13. The molecule has 5 nitrogen and oxygen atoms in total. The van der Waals surface area contributed by atoms with Crippen molar-refractivity contribution < 1.29 is 9.59 Å². The Labute approximate surface area is 112 Å². The third-order valence-corrected chi connectivity index (χ3v) is 3.10. The van der Waals surface area contributed by atoms with Crippen molar-refractivity contribution in [1.29, 1.82) is 0 Å². The van der Waals surface area contributed by atoms with Gasteiger partial charge in [0.1, 0.15) is 6.04 Å². The summed E-state index contributed by atoms with van der Waals surface area (Å²) < 4.78 is 0. The maximum Gasteiger partial charge on any atom is 0.247 e. The normalized spacial score (nSPS) is 19.5. The molecule has 1 N–H and O–H groups in total. The smallest absolute Gasteiger partial charge is 0.247 e. The van der Waals surface area contributed by atoms with Crippen LogP contribution in [0.3, 0.4) is 0 Å². The van der Waals surface area contributed by atoms with Gasteiger partial charge in [-0.25, -0.2) is 0 Å². The molecule has 1 aliphatic rings. The number of amides is 2. The maximum atomic E-state index is 12.1. The van der Waals surface area contributed by atoms with E-state index in [9.17, 15) is 9.59 Å². The molecule has 1 aromatic heterocycles. The summed E-state index contributed by atoms with van der Waals surface area (Å²) in [4.78, 5) is 29.4. The summed E-state index contributed by atoms with van der Waals surface area (Å²) in [5.74, 6) is -0.206. The van der Waals surface area contributed by atoms with Gasteiger partial charge in [0.2, 0.25) is 11.8 Å². The average Bonchev–Trinajstić information content (AvgIpc) is 2.45. The SMILES string of the molecule is CCC1C(=O)NCCN1C(=O)C=Cc1cccnc1. The van der Waals surface area contributed by atoms with E-state index in [0.29, 0.717) is 19.5 Å². The molecule has 0 spiro atoms. The summed E-state index contributed by atoms with van der Waals surface area (Å²) in [5.41, 5.74) is 0.866. The Morgan fingerprint density at radius 1 is 1.63 bits per heavy atom. The number of rotatable bonds is 3. The van der Waals surface area contributed by atoms with Gasteiger partial charge in [0, 0.05) is 31.6 Å². The van der Waals surface area contributed by atoms with E-state index in [1.165, 1.54) is 6.08 Å². The van der Waals surface area contributed by atoms with Gasteiger partial charge in [-0.05, 0) is 24.1 Å². The van der Waals surface area contributed by atoms with Crippen molar-refractivity contribution in [2.45, 2.75) is 19.4 Å². The van der Waals surface area contributed by atoms with Crippen LogP contribution in [0, 0.1) is 0 Å². The van der Waals surface area contributed by atoms with Crippen LogP contribution in [-0.4, -0.2) is 40.8 Å². The van der Waals surface area contributed by atoms with Gasteiger partial charge in [-0.1, -0.05) is 13.0 Å². The molecule has 5 heteroatoms. The zero-order chi connectivity index (χ0) is 13.7. The van der Waals surface area contributed by atoms with Crippen molar-refractivity contribution in [3.63, 3.8) is 0 Å². The minimum Gasteiger partial charge on any atom is -0.353 e. The Morgan fingerprint density at radius 3 is 3.16 bits per heavy atom. The van der Waals surface area contributed by atoms with Crippen molar-refractivity contribution in [2.75, 3.05) is 13.1 Å². The van der Waals surface area contributed by atoms with E-state index < -0.39 is 0 Å². The van der Waals surface area contributed by atoms with Gasteiger partial charge >= 0.3 is 0 Å². The van der Waals surface area contributed by atoms with Crippen LogP contribution >= 0.6 is 0 Å². The van der Waals surface area contributed by atoms with Crippen molar-refractivity contribution in [3.05, 3.63) is 36.2 Å². The number of piperazine rings is 1. The molecule has 19 heavy (non-hydrogen) atoms. The fourth-order valence-corrected chi connectivity index (χ4v) is 2.12. The fraction of sp³-hybridized carbons (Fsp3) is 0.357. The van der Waals surface area contributed by atoms with E-state index in [4.69, 9.17) is 0 Å². The monoisotopic (exact) mass is 259 g/mol. The van der Waals surface area contributed by atoms with Crippen LogP contribution in [0.4, 0.5) is 0 Å². The number of aromatic nitrogens is 1. The molecule has 0 aromatic carbocycles. The highest BCUT2D eigenvalue weighted by Gasteiger charge is 2.30. The molecule has 1 saturated heterocycles. The van der Waals surface area contributed by atoms with Gasteiger partial charge in [0.15, 0.2) is 0 Å². The minimum absolute atomic E-state index is 0.0723. The Morgan fingerprint density at radius 2 is 2.47 bits per heavy atom. The number of hydrogen-bond acceptors (Lipinski definition) is 3. The van der Waals surface area contributed by atoms with E-state index in [1.807, 2.05) is 19.1 Å². The summed E-state index contributed by atoms with van der Waals surface area (Å²) >= 11 is 0. The zero-order valence-electron chi connectivity index (χ0n) is 10.9. The van der Waals surface area contributed by atoms with Gasteiger partial charge in [0.05, 0.1) is 0 Å². The highest BCUT2D eigenvalue weighted by Crippen LogP contribution is 2.10. The third-order valence-electron chi connectivity index (χ3n) is 3.10. The first kappa shape index (κ1) is 13.3. The van der Waals surface area contributed by atoms with Gasteiger partial charge in [-0.3, -0.25) is 14.6 Å². The first-order valence-corrected chi connectivity index (χ1v) is 6.38. The third kappa shape index (κ3) is 3.19. The summed E-state index contributed by atoms with van der Waals surface area (Å²) in [6, 6.07) is 3.32. The lowest BCUT2D eigenvalue weighted by atomic mass is 10.1. The topological polar surface area (TPSA) is 62.3 Å². The fourth-order valence-electron chi connectivity index (χ4n) is 2.12. The number of carbonyl (C=O) groups is 2. The van der Waals surface area contributed by atoms with Crippen LogP contribution in [-0.2, 0) is 9.59 Å². The highest BCUT2D eigenvalue weighted by atomic mass is 16.2. The summed E-state index contributed by atoms with van der Waals surface area (Å²) in [7, 11) is 0. The molecule has 1 fully saturated rings. The number of hydrogen-bond donors (Lipinski definition) is 1. The van der Waals surface area contributed by atoms with Gasteiger partial charge < -0.3 is 10.2 Å². The standard InChI is InChI=1S/C14H17N3O2/c1-2-12-14(19)16-8-9-17(12)13(18)6-5-11-4-3-7-15-10-11/h3-7,10,12H,2,8-9H2,1H3,(H,16,19). The molecule has 2 amide bonds. The van der Waals surface area contributed by atoms with Crippen molar-refractivity contribution in [3.8, 4) is 0 Å². The van der Waals surface area contributed by atoms with Crippen LogP contribution in [0.1, 0.15) is 18.9 Å². The molecule has 1 aliphatic heterocycles. The average molecular weight is 259 g/mol. The van der Waals surface area contributed by atoms with Crippen molar-refractivity contribution >= 4 is 17.9 Å². The van der Waals surface area contributed by atoms with Crippen LogP contribution in [0.25, 0.3) is 6.08 Å². The van der Waals surface area contributed by atoms with E-state index >= 15 is 0 Å². The number of nitrogens with one attached hydrogen (secondary N) is 1. The van der Waals surface area contributed by atoms with E-state index in [2.05, 4.69) is 10.3 Å². The first-order chi connectivity index (χ1) is 9.22. The molecule has 0 saturated carbocycles. The van der Waals surface area contributed by atoms with Crippen molar-refractivity contribution in [1.82, 2.24) is 15.2 Å². The minimum atomic E-state index is -0.361. The zero-order valence-corrected chi connectivity index (χ0v) is 10.9. The van der Waals surface area contributed by atoms with Crippen LogP contribution < -0.4 is 5.32 Å². The first-order valence-electron chi connectivity index (χ1n) is 6.38. The maximum absolute atomic E-state index is 12.1. The van der Waals surface area contributed by atoms with Crippen LogP contribution in [0.15, 0.2) is 30.6 Å². The highest BCUT2D eigenvalue weighted by molar-refractivity contribution is 5.96. The second-order valence-corrected chi connectivity index (χ2v) is 4.37. The molecule has 1 atom stereocenters. The Bertz CT molecular complexity index is 485. The lowest BCUT2D eigenvalue weighted by Crippen LogP contribution is -2.56. The lowest BCUT2D eigenvalue weighted by Gasteiger charge is -2.33. The van der Waals surface area contributed by atoms with Gasteiger partial charge in [-0.2, -0.15) is 0 Å². The van der Waals surface area contributed by atoms with E-state index in [1.54, 1.807) is 23.4 Å². The molecule has 2 heterocycles. The van der Waals surface area contributed by atoms with Crippen LogP contribution in [0.2, 0.25) is 0 Å². The molecular formula is C14H17N3O2. The molecule has 2 rings (SSSR count). The molecule has 100 valence electrons. The van der Waals surface area contributed by atoms with Crippen molar-refractivity contribution in [2.24, 2.45) is 0 Å². The predicted molar refractivity (Wildman–Crippen MR) is 72.1 cm³/mol. The lowest BCUT2D eigenvalue weighted by molar-refractivity contribution is -0.140. The number of nitrogens with zero attached hydrogens (tertiary/aromatic N) is 2. The quantitative estimate of drug-likeness (QED) is 0.818. The van der Waals surface area contributed by atoms with Gasteiger partial charge in [0.25, 0.3) is 0 Å². The Hall–Kier alpha value is -2.17. The second-order valence-electron chi connectivity index (χ2n) is 4.37. The van der Waals surface area contributed by atoms with E-state index in [-0.39, 0.29) is 17.9 Å². The predicted octanol–water partition coefficient (Wildman–Crippen LogP) is 0.832. The molecular weight excluding hydrogens is 242 g/mol. The Kier molecular flexibility index (Phi) is 4.28. The molecule has 1 unspecified atom stereocenters. The van der Waals surface area contributed by atoms with Crippen LogP contribution in [0.5, 0.6) is 0 Å². The molecule has 1 aromatic rings. The number of pyridine rings is 1. The molecule has 0 aliphatic carbocycles. The summed E-state index contributed by atoms with van der Waals surface area (Å²) in [6.45, 7) is 2.98. The van der Waals surface area contributed by atoms with Gasteiger partial charge in [-0.15, -0.1) is 0 Å². The number of carbonyl (C=O) groups excluding carboxylic acids is 2. The molecule has 0 bridgehead atoms. The largest absolute Gasteiger partial charge is 0.353 e. The summed E-state index contributed by atoms with van der Waals surface area (Å²) in [5, 5.41) is 2.77. The Balaban J connectivity index is 2.06. The molecule has 0 radical (unpaired) electrons.